The molecular weight excluding hydrogens is 513 g/mol. The van der Waals surface area contributed by atoms with E-state index in [4.69, 9.17) is 38.9 Å². The monoisotopic (exact) mass is 539 g/mol. The molecule has 0 unspecified atom stereocenters. The maximum absolute atomic E-state index is 12.2. The van der Waals surface area contributed by atoms with E-state index in [1.807, 2.05) is 30.3 Å². The van der Waals surface area contributed by atoms with E-state index in [1.54, 1.807) is 54.6 Å². The number of halogens is 2. The number of benzene rings is 3. The van der Waals surface area contributed by atoms with Gasteiger partial charge in [0.2, 0.25) is 0 Å². The number of hydrazine groups is 1. The molecule has 0 heterocycles. The van der Waals surface area contributed by atoms with Gasteiger partial charge in [-0.2, -0.15) is 0 Å². The number of ether oxygens (including phenoxy) is 1. The number of hydrogen-bond acceptors (Lipinski definition) is 5. The smallest absolute Gasteiger partial charge is 0.305 e. The van der Waals surface area contributed by atoms with Crippen molar-refractivity contribution in [3.63, 3.8) is 0 Å². The fourth-order valence-electron chi connectivity index (χ4n) is 3.52. The minimum Gasteiger partial charge on any atom is -0.497 e. The molecule has 0 saturated heterocycles. The van der Waals surface area contributed by atoms with Gasteiger partial charge in [0.05, 0.1) is 25.8 Å². The summed E-state index contributed by atoms with van der Waals surface area (Å²) in [6.45, 7) is 4.57. The number of carboxylic acid groups (broad SMARTS) is 1. The van der Waals surface area contributed by atoms with E-state index in [1.165, 1.54) is 0 Å². The Morgan fingerprint density at radius 3 is 2.16 bits per heavy atom. The van der Waals surface area contributed by atoms with Gasteiger partial charge in [-0.3, -0.25) is 9.59 Å². The van der Waals surface area contributed by atoms with E-state index >= 15 is 0 Å². The molecule has 0 fully saturated rings. The van der Waals surface area contributed by atoms with Gasteiger partial charge in [0.15, 0.2) is 0 Å². The molecule has 7 nitrogen and oxygen atoms in total. The summed E-state index contributed by atoms with van der Waals surface area (Å²) in [4.78, 5) is 22.9. The van der Waals surface area contributed by atoms with Gasteiger partial charge in [0.1, 0.15) is 5.75 Å². The van der Waals surface area contributed by atoms with E-state index in [0.717, 1.165) is 22.4 Å². The molecule has 0 bridgehead atoms. The third-order valence-corrected chi connectivity index (χ3v) is 5.87. The highest BCUT2D eigenvalue weighted by molar-refractivity contribution is 6.34. The lowest BCUT2D eigenvalue weighted by atomic mass is 10.0. The van der Waals surface area contributed by atoms with Crippen LogP contribution in [0.2, 0.25) is 10.0 Å². The Hall–Kier alpha value is -3.78. The molecule has 192 valence electrons. The quantitative estimate of drug-likeness (QED) is 0.165. The zero-order valence-corrected chi connectivity index (χ0v) is 21.7. The first-order chi connectivity index (χ1) is 17.7. The van der Waals surface area contributed by atoms with E-state index < -0.39 is 5.97 Å². The summed E-state index contributed by atoms with van der Waals surface area (Å²) in [6.07, 6.45) is 1.71. The summed E-state index contributed by atoms with van der Waals surface area (Å²) in [7, 11) is 1.61. The second-order valence-corrected chi connectivity index (χ2v) is 9.04. The molecule has 0 aliphatic heterocycles. The number of carboxylic acids is 1. The third-order valence-electron chi connectivity index (χ3n) is 5.43. The van der Waals surface area contributed by atoms with Gasteiger partial charge in [-0.05, 0) is 65.2 Å². The first-order valence-corrected chi connectivity index (χ1v) is 12.0. The van der Waals surface area contributed by atoms with E-state index in [9.17, 15) is 9.59 Å². The van der Waals surface area contributed by atoms with Crippen LogP contribution in [-0.2, 0) is 11.3 Å². The number of amides is 1. The number of aliphatic carboxylic acids is 1. The molecule has 1 amide bonds. The van der Waals surface area contributed by atoms with Crippen LogP contribution in [0.4, 0.5) is 0 Å². The predicted molar refractivity (Wildman–Crippen MR) is 147 cm³/mol. The number of nitrogens with zero attached hydrogens (tertiary/aromatic N) is 1. The van der Waals surface area contributed by atoms with Gasteiger partial charge >= 0.3 is 5.97 Å². The fraction of sp³-hybridized carbons (Fsp3) is 0.143. The van der Waals surface area contributed by atoms with Gasteiger partial charge in [-0.15, -0.1) is 0 Å². The topological polar surface area (TPSA) is 105 Å². The van der Waals surface area contributed by atoms with Crippen LogP contribution in [0.15, 0.2) is 79.4 Å². The lowest BCUT2D eigenvalue weighted by Crippen LogP contribution is -2.29. The normalized spacial score (nSPS) is 11.1. The Morgan fingerprint density at radius 1 is 1.00 bits per heavy atom. The Morgan fingerprint density at radius 2 is 1.59 bits per heavy atom. The zero-order valence-electron chi connectivity index (χ0n) is 20.2. The highest BCUT2D eigenvalue weighted by atomic mass is 35.5. The van der Waals surface area contributed by atoms with E-state index in [-0.39, 0.29) is 18.9 Å². The Bertz CT molecular complexity index is 1290. The molecule has 3 rings (SSSR count). The molecule has 0 saturated carbocycles. The van der Waals surface area contributed by atoms with Gasteiger partial charge in [0, 0.05) is 27.7 Å². The van der Waals surface area contributed by atoms with E-state index in [2.05, 4.69) is 11.9 Å². The molecule has 9 heteroatoms. The van der Waals surface area contributed by atoms with Crippen LogP contribution in [0.5, 0.6) is 5.75 Å². The number of methoxy groups -OCH3 is 1. The maximum atomic E-state index is 12.2. The van der Waals surface area contributed by atoms with Crippen molar-refractivity contribution >= 4 is 46.3 Å². The average molecular weight is 540 g/mol. The predicted octanol–water partition coefficient (Wildman–Crippen LogP) is 5.64. The first-order valence-electron chi connectivity index (χ1n) is 11.3. The summed E-state index contributed by atoms with van der Waals surface area (Å²) in [6, 6.07) is 19.6. The molecule has 3 aromatic rings. The molecule has 37 heavy (non-hydrogen) atoms. The van der Waals surface area contributed by atoms with Crippen LogP contribution in [-0.4, -0.2) is 35.6 Å². The molecule has 3 aromatic carbocycles. The molecule has 0 spiro atoms. The van der Waals surface area contributed by atoms with E-state index in [0.29, 0.717) is 33.4 Å². The Kier molecular flexibility index (Phi) is 9.74. The van der Waals surface area contributed by atoms with Crippen LogP contribution in [0.1, 0.15) is 33.5 Å². The fourth-order valence-corrected chi connectivity index (χ4v) is 4.04. The minimum absolute atomic E-state index is 0.0565. The molecule has 0 radical (unpaired) electrons. The summed E-state index contributed by atoms with van der Waals surface area (Å²) in [5, 5.41) is 13.8. The van der Waals surface area contributed by atoms with Crippen molar-refractivity contribution in [2.75, 3.05) is 13.7 Å². The lowest BCUT2D eigenvalue weighted by Gasteiger charge is -2.24. The van der Waals surface area contributed by atoms with Gasteiger partial charge in [0.25, 0.3) is 5.91 Å². The largest absolute Gasteiger partial charge is 0.497 e. The number of hydrogen-bond donors (Lipinski definition) is 3. The summed E-state index contributed by atoms with van der Waals surface area (Å²) < 4.78 is 5.23. The number of allylic oxidation sites excluding steroid dienone is 2. The van der Waals surface area contributed by atoms with Crippen LogP contribution in [0, 0.1) is 0 Å². The zero-order chi connectivity index (χ0) is 26.9. The summed E-state index contributed by atoms with van der Waals surface area (Å²) in [5.74, 6) is 5.95. The maximum Gasteiger partial charge on any atom is 0.305 e. The second kappa shape index (κ2) is 13.0. The highest BCUT2D eigenvalue weighted by Crippen LogP contribution is 2.29. The standard InChI is InChI=1S/C28H27Cl2N3O4/c1-18(20-7-9-25(37-2)10-8-20)13-26(22-14-23(29)16-24(30)15-22)33(31)17-19-3-5-21(6-4-19)28(36)32-12-11-27(34)35/h3-10,13-16H,1,11-12,17,31H2,2H3,(H,32,36)(H,34,35)/b26-13-. The molecule has 0 atom stereocenters. The molecule has 4 N–H and O–H groups in total. The Balaban J connectivity index is 1.83. The van der Waals surface area contributed by atoms with Crippen molar-refractivity contribution in [2.24, 2.45) is 5.84 Å². The van der Waals surface area contributed by atoms with Crippen molar-refractivity contribution < 1.29 is 19.4 Å². The number of rotatable bonds is 11. The summed E-state index contributed by atoms with van der Waals surface area (Å²) in [5.41, 5.74) is 4.22. The molecule has 0 aromatic heterocycles. The number of carbonyl (C=O) groups excluding carboxylic acids is 1. The van der Waals surface area contributed by atoms with Gasteiger partial charge in [-0.25, -0.2) is 5.84 Å². The van der Waals surface area contributed by atoms with Crippen LogP contribution >= 0.6 is 23.2 Å². The summed E-state index contributed by atoms with van der Waals surface area (Å²) >= 11 is 12.5. The van der Waals surface area contributed by atoms with Crippen LogP contribution < -0.4 is 15.9 Å². The number of nitrogens with two attached hydrogens (primary N) is 1. The SMILES string of the molecule is C=C(/C=C(/c1cc(Cl)cc(Cl)c1)N(N)Cc1ccc(C(=O)NCCC(=O)O)cc1)c1ccc(OC)cc1. The van der Waals surface area contributed by atoms with Crippen molar-refractivity contribution in [2.45, 2.75) is 13.0 Å². The highest BCUT2D eigenvalue weighted by Gasteiger charge is 2.14. The van der Waals surface area contributed by atoms with Crippen LogP contribution in [0.25, 0.3) is 11.3 Å². The van der Waals surface area contributed by atoms with Gasteiger partial charge < -0.3 is 20.2 Å². The molecule has 0 aliphatic carbocycles. The number of nitrogens with one attached hydrogen (secondary N) is 1. The Labute approximate surface area is 225 Å². The van der Waals surface area contributed by atoms with Crippen molar-refractivity contribution in [3.8, 4) is 5.75 Å². The van der Waals surface area contributed by atoms with Crippen LogP contribution in [0.3, 0.4) is 0 Å². The average Bonchev–Trinajstić information content (AvgIpc) is 2.86. The minimum atomic E-state index is -0.974. The molecular formula is C28H27Cl2N3O4. The third kappa shape index (κ3) is 8.11. The lowest BCUT2D eigenvalue weighted by molar-refractivity contribution is -0.136. The van der Waals surface area contributed by atoms with Crippen molar-refractivity contribution in [1.82, 2.24) is 10.3 Å². The second-order valence-electron chi connectivity index (χ2n) is 8.17. The molecule has 0 aliphatic rings. The number of carbonyl (C=O) groups is 2. The van der Waals surface area contributed by atoms with Crippen molar-refractivity contribution in [1.29, 1.82) is 0 Å². The van der Waals surface area contributed by atoms with Gasteiger partial charge in [-0.1, -0.05) is 54.0 Å². The first kappa shape index (κ1) is 27.8. The van der Waals surface area contributed by atoms with Crippen molar-refractivity contribution in [3.05, 3.63) is 112 Å².